The lowest BCUT2D eigenvalue weighted by Gasteiger charge is -2.38. The summed E-state index contributed by atoms with van der Waals surface area (Å²) in [7, 11) is 0. The quantitative estimate of drug-likeness (QED) is 0.456. The van der Waals surface area contributed by atoms with Crippen LogP contribution in [0.4, 0.5) is 4.39 Å². The van der Waals surface area contributed by atoms with E-state index < -0.39 is 6.23 Å². The summed E-state index contributed by atoms with van der Waals surface area (Å²) >= 11 is 3.57. The molecule has 2 aliphatic heterocycles. The predicted molar refractivity (Wildman–Crippen MR) is 117 cm³/mol. The highest BCUT2D eigenvalue weighted by Crippen LogP contribution is 2.48. The third kappa shape index (κ3) is 3.45. The fraction of sp³-hybridized carbons (Fsp3) is 0.208. The minimum atomic E-state index is -0.413. The molecule has 2 heterocycles. The maximum absolute atomic E-state index is 13.5. The van der Waals surface area contributed by atoms with Crippen molar-refractivity contribution in [2.24, 2.45) is 5.10 Å². The van der Waals surface area contributed by atoms with Crippen molar-refractivity contribution in [3.8, 4) is 11.5 Å². The van der Waals surface area contributed by atoms with Crippen molar-refractivity contribution in [1.82, 2.24) is 5.01 Å². The Labute approximate surface area is 183 Å². The van der Waals surface area contributed by atoms with Crippen molar-refractivity contribution < 1.29 is 13.9 Å². The molecule has 30 heavy (non-hydrogen) atoms. The molecular weight excluding hydrogens is 447 g/mol. The van der Waals surface area contributed by atoms with Gasteiger partial charge in [-0.1, -0.05) is 28.1 Å². The van der Waals surface area contributed by atoms with E-state index in [9.17, 15) is 4.39 Å². The molecule has 2 atom stereocenters. The fourth-order valence-corrected chi connectivity index (χ4v) is 4.37. The maximum Gasteiger partial charge on any atom is 0.213 e. The minimum absolute atomic E-state index is 0.0443. The largest absolute Gasteiger partial charge is 0.494 e. The molecule has 0 aromatic heterocycles. The summed E-state index contributed by atoms with van der Waals surface area (Å²) in [6.07, 6.45) is 0.350. The molecule has 152 valence electrons. The van der Waals surface area contributed by atoms with Gasteiger partial charge in [0.25, 0.3) is 0 Å². The molecule has 0 saturated heterocycles. The van der Waals surface area contributed by atoms with Gasteiger partial charge in [-0.25, -0.2) is 9.40 Å². The number of benzene rings is 3. The van der Waals surface area contributed by atoms with Gasteiger partial charge in [0, 0.05) is 22.0 Å². The van der Waals surface area contributed by atoms with Crippen LogP contribution >= 0.6 is 15.9 Å². The van der Waals surface area contributed by atoms with Gasteiger partial charge >= 0.3 is 0 Å². The molecule has 0 unspecified atom stereocenters. The van der Waals surface area contributed by atoms with Crippen molar-refractivity contribution in [2.45, 2.75) is 25.6 Å². The Morgan fingerprint density at radius 3 is 2.60 bits per heavy atom. The second kappa shape index (κ2) is 7.76. The Morgan fingerprint density at radius 1 is 1.10 bits per heavy atom. The van der Waals surface area contributed by atoms with E-state index in [-0.39, 0.29) is 11.9 Å². The van der Waals surface area contributed by atoms with Gasteiger partial charge in [0.2, 0.25) is 6.23 Å². The molecule has 3 aromatic carbocycles. The van der Waals surface area contributed by atoms with Crippen molar-refractivity contribution in [3.05, 3.63) is 93.7 Å². The van der Waals surface area contributed by atoms with E-state index in [4.69, 9.17) is 14.6 Å². The van der Waals surface area contributed by atoms with Gasteiger partial charge in [-0.05, 0) is 67.1 Å². The van der Waals surface area contributed by atoms with Crippen LogP contribution in [0.1, 0.15) is 42.3 Å². The summed E-state index contributed by atoms with van der Waals surface area (Å²) < 4.78 is 26.4. The summed E-state index contributed by atoms with van der Waals surface area (Å²) in [5, 5.41) is 6.93. The van der Waals surface area contributed by atoms with Crippen LogP contribution in [0, 0.1) is 5.82 Å². The number of fused-ring (bicyclic) bond motifs is 3. The smallest absolute Gasteiger partial charge is 0.213 e. The van der Waals surface area contributed by atoms with E-state index in [1.807, 2.05) is 48.3 Å². The Morgan fingerprint density at radius 2 is 1.87 bits per heavy atom. The first-order valence-corrected chi connectivity index (χ1v) is 10.7. The van der Waals surface area contributed by atoms with Crippen molar-refractivity contribution in [1.29, 1.82) is 0 Å². The molecule has 3 aromatic rings. The Hall–Kier alpha value is -2.86. The summed E-state index contributed by atoms with van der Waals surface area (Å²) in [6.45, 7) is 2.61. The van der Waals surface area contributed by atoms with Gasteiger partial charge in [0.15, 0.2) is 0 Å². The van der Waals surface area contributed by atoms with Gasteiger partial charge in [0.1, 0.15) is 17.3 Å². The van der Waals surface area contributed by atoms with Gasteiger partial charge in [-0.2, -0.15) is 5.10 Å². The lowest BCUT2D eigenvalue weighted by Crippen LogP contribution is -2.33. The minimum Gasteiger partial charge on any atom is -0.494 e. The normalized spacial score (nSPS) is 19.6. The highest BCUT2D eigenvalue weighted by atomic mass is 79.9. The number of halogens is 2. The second-order valence-electron chi connectivity index (χ2n) is 7.31. The lowest BCUT2D eigenvalue weighted by molar-refractivity contribution is -0.0191. The van der Waals surface area contributed by atoms with E-state index in [0.717, 1.165) is 44.8 Å². The molecule has 0 spiro atoms. The number of hydrogen-bond donors (Lipinski definition) is 0. The van der Waals surface area contributed by atoms with Gasteiger partial charge in [0.05, 0.1) is 18.4 Å². The number of hydrazone groups is 1. The first-order chi connectivity index (χ1) is 14.6. The highest BCUT2D eigenvalue weighted by Gasteiger charge is 2.41. The first kappa shape index (κ1) is 19.1. The number of rotatable bonds is 4. The molecule has 0 N–H and O–H groups in total. The number of ether oxygens (including phenoxy) is 2. The number of nitrogens with zero attached hydrogens (tertiary/aromatic N) is 2. The first-order valence-electron chi connectivity index (χ1n) is 9.93. The van der Waals surface area contributed by atoms with Gasteiger partial charge < -0.3 is 9.47 Å². The average molecular weight is 467 g/mol. The van der Waals surface area contributed by atoms with E-state index >= 15 is 0 Å². The van der Waals surface area contributed by atoms with Crippen LogP contribution in [0.5, 0.6) is 11.5 Å². The zero-order chi connectivity index (χ0) is 20.7. The van der Waals surface area contributed by atoms with Crippen molar-refractivity contribution >= 4 is 21.6 Å². The molecule has 0 aliphatic carbocycles. The topological polar surface area (TPSA) is 34.1 Å². The molecule has 0 saturated carbocycles. The zero-order valence-corrected chi connectivity index (χ0v) is 18.0. The molecule has 5 rings (SSSR count). The van der Waals surface area contributed by atoms with Crippen LogP contribution in [-0.4, -0.2) is 17.3 Å². The Balaban J connectivity index is 1.54. The van der Waals surface area contributed by atoms with E-state index in [1.165, 1.54) is 12.1 Å². The summed E-state index contributed by atoms with van der Waals surface area (Å²) in [4.78, 5) is 0. The maximum atomic E-state index is 13.5. The van der Waals surface area contributed by atoms with Crippen LogP contribution in [0.3, 0.4) is 0 Å². The SMILES string of the molecule is CCOc1ccc(C2=NN3[C@@H](C2)c2cc(Br)ccc2O[C@H]3c2ccc(F)cc2)cc1. The highest BCUT2D eigenvalue weighted by molar-refractivity contribution is 9.10. The van der Waals surface area contributed by atoms with E-state index in [1.54, 1.807) is 12.1 Å². The molecular formula is C24H20BrFN2O2. The standard InChI is InChI=1S/C24H20BrFN2O2/c1-2-29-19-10-5-15(6-11-19)21-14-22-20-13-17(25)7-12-23(20)30-24(28(22)27-21)16-3-8-18(26)9-4-16/h3-13,22,24H,2,14H2,1H3/t22-,24-/m0/s1. The Bertz CT molecular complexity index is 1100. The van der Waals surface area contributed by atoms with Crippen LogP contribution < -0.4 is 9.47 Å². The second-order valence-corrected chi connectivity index (χ2v) is 8.22. The van der Waals surface area contributed by atoms with Gasteiger partial charge in [-0.15, -0.1) is 0 Å². The third-order valence-corrected chi connectivity index (χ3v) is 5.90. The van der Waals surface area contributed by atoms with E-state index in [0.29, 0.717) is 6.61 Å². The molecule has 0 bridgehead atoms. The molecule has 0 fully saturated rings. The predicted octanol–water partition coefficient (Wildman–Crippen LogP) is 6.23. The fourth-order valence-electron chi connectivity index (χ4n) is 3.99. The van der Waals surface area contributed by atoms with Crippen LogP contribution in [-0.2, 0) is 0 Å². The average Bonchev–Trinajstić information content (AvgIpc) is 3.21. The van der Waals surface area contributed by atoms with Crippen LogP contribution in [0.25, 0.3) is 0 Å². The van der Waals surface area contributed by atoms with Gasteiger partial charge in [-0.3, -0.25) is 0 Å². The third-order valence-electron chi connectivity index (χ3n) is 5.41. The van der Waals surface area contributed by atoms with Crippen LogP contribution in [0.15, 0.2) is 76.3 Å². The zero-order valence-electron chi connectivity index (χ0n) is 16.4. The molecule has 6 heteroatoms. The van der Waals surface area contributed by atoms with Crippen molar-refractivity contribution in [2.75, 3.05) is 6.61 Å². The molecule has 0 amide bonds. The monoisotopic (exact) mass is 466 g/mol. The molecule has 4 nitrogen and oxygen atoms in total. The molecule has 2 aliphatic rings. The summed E-state index contributed by atoms with van der Waals surface area (Å²) in [5.74, 6) is 1.41. The van der Waals surface area contributed by atoms with Crippen molar-refractivity contribution in [3.63, 3.8) is 0 Å². The lowest BCUT2D eigenvalue weighted by atomic mass is 9.96. The molecule has 0 radical (unpaired) electrons. The summed E-state index contributed by atoms with van der Waals surface area (Å²) in [6, 6.07) is 20.5. The Kier molecular flexibility index (Phi) is 4.95. The van der Waals surface area contributed by atoms with E-state index in [2.05, 4.69) is 22.0 Å². The summed E-state index contributed by atoms with van der Waals surface area (Å²) in [5.41, 5.74) is 4.01. The number of hydrogen-bond acceptors (Lipinski definition) is 4. The van der Waals surface area contributed by atoms with Crippen LogP contribution in [0.2, 0.25) is 0 Å².